The molecule has 3 aliphatic rings. The molecule has 1 unspecified atom stereocenters. The molecule has 3 fully saturated rings. The van der Waals surface area contributed by atoms with Crippen molar-refractivity contribution >= 4 is 23.6 Å². The van der Waals surface area contributed by atoms with Gasteiger partial charge in [-0.25, -0.2) is 11.4 Å². The smallest absolute Gasteiger partial charge is 0.414 e. The minimum atomic E-state index is -0.594. The van der Waals surface area contributed by atoms with Gasteiger partial charge in [0.25, 0.3) is 5.54 Å². The minimum absolute atomic E-state index is 0.00593. The Hall–Kier alpha value is -3.12. The average Bonchev–Trinajstić information content (AvgIpc) is 3.02. The minimum Gasteiger partial charge on any atom is -0.442 e. The van der Waals surface area contributed by atoms with Gasteiger partial charge in [-0.2, -0.15) is 0 Å². The van der Waals surface area contributed by atoms with Crippen LogP contribution in [-0.2, 0) is 19.9 Å². The van der Waals surface area contributed by atoms with E-state index < -0.39 is 17.7 Å². The molecule has 29 heavy (non-hydrogen) atoms. The number of anilines is 1. The molecule has 4 rings (SSSR count). The van der Waals surface area contributed by atoms with Crippen molar-refractivity contribution < 1.29 is 19.1 Å². The Bertz CT molecular complexity index is 881. The van der Waals surface area contributed by atoms with Gasteiger partial charge in [0.2, 0.25) is 11.8 Å². The number of nitrogens with two attached hydrogens (primary N) is 1. The van der Waals surface area contributed by atoms with Crippen molar-refractivity contribution in [2.45, 2.75) is 18.6 Å². The van der Waals surface area contributed by atoms with E-state index in [1.165, 1.54) is 11.8 Å². The van der Waals surface area contributed by atoms with Gasteiger partial charge in [0, 0.05) is 31.3 Å². The monoisotopic (exact) mass is 397 g/mol. The number of carbonyl (C=O) groups excluding carboxylic acids is 3. The number of amides is 3. The first kappa shape index (κ1) is 19.2. The summed E-state index contributed by atoms with van der Waals surface area (Å²) in [6.07, 6.45) is -0.846. The second-order valence-electron chi connectivity index (χ2n) is 7.75. The molecule has 152 valence electrons. The number of hydrogen-bond acceptors (Lipinski definition) is 5. The lowest BCUT2D eigenvalue weighted by Gasteiger charge is -2.21. The molecule has 0 bridgehead atoms. The highest BCUT2D eigenvalue weighted by atomic mass is 16.6. The molecule has 2 heterocycles. The molecule has 3 amide bonds. The summed E-state index contributed by atoms with van der Waals surface area (Å²) in [5.41, 5.74) is 6.45. The number of fused-ring (bicyclic) bond motifs is 1. The third-order valence-electron chi connectivity index (χ3n) is 6.15. The molecule has 3 N–H and O–H groups in total. The van der Waals surface area contributed by atoms with Crippen molar-refractivity contribution in [2.75, 3.05) is 37.6 Å². The first-order valence-electron chi connectivity index (χ1n) is 9.60. The maximum absolute atomic E-state index is 12.2. The normalized spacial score (nSPS) is 29.8. The number of piperidine rings is 1. The van der Waals surface area contributed by atoms with E-state index in [2.05, 4.69) is 10.2 Å². The number of carbonyl (C=O) groups is 3. The van der Waals surface area contributed by atoms with Crippen LogP contribution >= 0.6 is 0 Å². The van der Waals surface area contributed by atoms with Crippen molar-refractivity contribution in [1.82, 2.24) is 10.2 Å². The highest BCUT2D eigenvalue weighted by molar-refractivity contribution is 5.90. The summed E-state index contributed by atoms with van der Waals surface area (Å²) in [7, 11) is 0. The Morgan fingerprint density at radius 3 is 2.48 bits per heavy atom. The van der Waals surface area contributed by atoms with E-state index in [0.29, 0.717) is 25.3 Å². The summed E-state index contributed by atoms with van der Waals surface area (Å²) >= 11 is 0. The number of likely N-dealkylation sites (tertiary alicyclic amines) is 1. The molecule has 4 atom stereocenters. The number of benzene rings is 1. The second kappa shape index (κ2) is 7.04. The van der Waals surface area contributed by atoms with E-state index in [1.807, 2.05) is 24.3 Å². The molecule has 0 radical (unpaired) electrons. The summed E-state index contributed by atoms with van der Waals surface area (Å²) < 4.78 is 5.29. The zero-order chi connectivity index (χ0) is 20.8. The summed E-state index contributed by atoms with van der Waals surface area (Å²) in [6.45, 7) is 10.9. The lowest BCUT2D eigenvalue weighted by Crippen LogP contribution is -2.38. The zero-order valence-electron chi connectivity index (χ0n) is 16.1. The molecule has 9 nitrogen and oxygen atoms in total. The number of hydrogen-bond donors (Lipinski definition) is 2. The summed E-state index contributed by atoms with van der Waals surface area (Å²) in [5, 5.41) is 2.65. The van der Waals surface area contributed by atoms with E-state index in [1.54, 1.807) is 4.90 Å². The van der Waals surface area contributed by atoms with E-state index in [9.17, 15) is 14.4 Å². The fraction of sp³-hybridized carbons (Fsp3) is 0.500. The van der Waals surface area contributed by atoms with Crippen molar-refractivity contribution in [3.8, 4) is 0 Å². The van der Waals surface area contributed by atoms with Gasteiger partial charge in [0.05, 0.1) is 31.5 Å². The predicted molar refractivity (Wildman–Crippen MR) is 104 cm³/mol. The molecule has 9 heteroatoms. The number of cyclic esters (lactones) is 1. The maximum Gasteiger partial charge on any atom is 0.414 e. The Morgan fingerprint density at radius 1 is 1.28 bits per heavy atom. The third kappa shape index (κ3) is 3.09. The first-order valence-corrected chi connectivity index (χ1v) is 9.60. The Balaban J connectivity index is 1.44. The Labute approximate surface area is 168 Å². The van der Waals surface area contributed by atoms with E-state index in [-0.39, 0.29) is 36.7 Å². The van der Waals surface area contributed by atoms with Crippen molar-refractivity contribution in [3.63, 3.8) is 0 Å². The molecule has 2 aliphatic heterocycles. The van der Waals surface area contributed by atoms with Crippen molar-refractivity contribution in [3.05, 3.63) is 41.2 Å². The van der Waals surface area contributed by atoms with Gasteiger partial charge in [0.15, 0.2) is 0 Å². The zero-order valence-corrected chi connectivity index (χ0v) is 16.1. The van der Waals surface area contributed by atoms with Gasteiger partial charge in [0.1, 0.15) is 6.10 Å². The van der Waals surface area contributed by atoms with Crippen LogP contribution in [0.25, 0.3) is 4.85 Å². The summed E-state index contributed by atoms with van der Waals surface area (Å²) in [5.74, 6) is 0.00284. The molecule has 1 saturated carbocycles. The van der Waals surface area contributed by atoms with E-state index in [0.717, 1.165) is 5.56 Å². The van der Waals surface area contributed by atoms with Gasteiger partial charge in [-0.15, -0.1) is 0 Å². The molecule has 0 aromatic heterocycles. The summed E-state index contributed by atoms with van der Waals surface area (Å²) in [6, 6.07) is 7.41. The molecule has 2 saturated heterocycles. The number of ether oxygens (including phenoxy) is 1. The van der Waals surface area contributed by atoms with Crippen molar-refractivity contribution in [1.29, 1.82) is 0 Å². The van der Waals surface area contributed by atoms with Crippen LogP contribution in [0.2, 0.25) is 0 Å². The standard InChI is InChI=1S/C20H23N5O4/c1-12(26)23-8-15-9-25(19(28)29-15)14-5-3-13(4-6-14)20(22-2)16-10-24(11-17(16)20)18(27)7-21/h3-6,15-17H,7-11,21H2,1H3,(H,23,26)/t15-,16-,17+,20?/m0/s1. The van der Waals surface area contributed by atoms with Gasteiger partial charge >= 0.3 is 6.09 Å². The summed E-state index contributed by atoms with van der Waals surface area (Å²) in [4.78, 5) is 42.2. The van der Waals surface area contributed by atoms with Crippen LogP contribution in [0.15, 0.2) is 24.3 Å². The average molecular weight is 397 g/mol. The highest BCUT2D eigenvalue weighted by Gasteiger charge is 2.77. The molecular weight excluding hydrogens is 374 g/mol. The van der Waals surface area contributed by atoms with Gasteiger partial charge < -0.3 is 25.5 Å². The second-order valence-corrected chi connectivity index (χ2v) is 7.75. The van der Waals surface area contributed by atoms with Gasteiger partial charge in [-0.3, -0.25) is 14.5 Å². The lowest BCUT2D eigenvalue weighted by atomic mass is 9.99. The number of nitrogens with zero attached hydrogens (tertiary/aromatic N) is 3. The van der Waals surface area contributed by atoms with Crippen LogP contribution in [0.1, 0.15) is 12.5 Å². The third-order valence-corrected chi connectivity index (χ3v) is 6.15. The Kier molecular flexibility index (Phi) is 4.67. The quantitative estimate of drug-likeness (QED) is 0.695. The van der Waals surface area contributed by atoms with E-state index in [4.69, 9.17) is 17.0 Å². The fourth-order valence-electron chi connectivity index (χ4n) is 4.60. The van der Waals surface area contributed by atoms with Crippen LogP contribution < -0.4 is 16.0 Å². The van der Waals surface area contributed by atoms with E-state index >= 15 is 0 Å². The predicted octanol–water partition coefficient (Wildman–Crippen LogP) is 0.309. The van der Waals surface area contributed by atoms with Crippen LogP contribution in [0.3, 0.4) is 0 Å². The molecule has 1 aromatic rings. The topological polar surface area (TPSA) is 109 Å². The maximum atomic E-state index is 12.2. The number of nitrogens with one attached hydrogen (secondary N) is 1. The SMILES string of the molecule is [C-]#[N+]C1(c2ccc(N3C[C@H](CNC(C)=O)OC3=O)cc2)[C@@H]2CN(C(=O)CN)C[C@@H]21. The largest absolute Gasteiger partial charge is 0.442 e. The molecule has 1 aromatic carbocycles. The van der Waals surface area contributed by atoms with Gasteiger partial charge in [-0.1, -0.05) is 0 Å². The number of rotatable bonds is 5. The fourth-order valence-corrected chi connectivity index (χ4v) is 4.60. The Morgan fingerprint density at radius 2 is 1.93 bits per heavy atom. The lowest BCUT2D eigenvalue weighted by molar-refractivity contribution is -0.129. The van der Waals surface area contributed by atoms with Gasteiger partial charge in [-0.05, 0) is 24.3 Å². The highest BCUT2D eigenvalue weighted by Crippen LogP contribution is 2.64. The molecule has 0 spiro atoms. The molecule has 1 aliphatic carbocycles. The molecular formula is C20H23N5O4. The van der Waals surface area contributed by atoms with Crippen LogP contribution in [-0.4, -0.2) is 61.6 Å². The van der Waals surface area contributed by atoms with Crippen LogP contribution in [0.5, 0.6) is 0 Å². The van der Waals surface area contributed by atoms with Crippen LogP contribution in [0.4, 0.5) is 10.5 Å². The first-order chi connectivity index (χ1) is 13.9. The van der Waals surface area contributed by atoms with Crippen LogP contribution in [0, 0.1) is 18.4 Å². The van der Waals surface area contributed by atoms with Crippen molar-refractivity contribution in [2.24, 2.45) is 17.6 Å².